The maximum Gasteiger partial charge on any atom is 0.461 e. The molecule has 1 aromatic carbocycles. The van der Waals surface area contributed by atoms with E-state index in [1.54, 1.807) is 20.8 Å². The zero-order valence-electron chi connectivity index (χ0n) is 16.9. The molecule has 2 amide bonds. The number of nitrogens with two attached hydrogens (primary N) is 1. The third kappa shape index (κ3) is 6.48. The van der Waals surface area contributed by atoms with Crippen LogP contribution in [0.15, 0.2) is 24.3 Å². The quantitative estimate of drug-likeness (QED) is 0.547. The number of hydrogen-bond donors (Lipinski definition) is 2. The number of halogens is 4. The molecule has 30 heavy (non-hydrogen) atoms. The van der Waals surface area contributed by atoms with E-state index in [4.69, 9.17) is 10.5 Å². The number of amides is 2. The van der Waals surface area contributed by atoms with E-state index >= 15 is 0 Å². The number of ether oxygens (including phenoxy) is 2. The second-order valence-electron chi connectivity index (χ2n) is 8.07. The second-order valence-corrected chi connectivity index (χ2v) is 8.07. The molecule has 11 heteroatoms. The molecule has 0 unspecified atom stereocenters. The predicted molar refractivity (Wildman–Crippen MR) is 99.4 cm³/mol. The van der Waals surface area contributed by atoms with Gasteiger partial charge in [-0.2, -0.15) is 17.6 Å². The largest absolute Gasteiger partial charge is 0.461 e. The molecule has 0 saturated carbocycles. The van der Waals surface area contributed by atoms with E-state index in [0.717, 1.165) is 24.3 Å². The van der Waals surface area contributed by atoms with Gasteiger partial charge in [0.15, 0.2) is 0 Å². The first-order valence-electron chi connectivity index (χ1n) is 9.25. The molecule has 1 saturated heterocycles. The van der Waals surface area contributed by atoms with Crippen LogP contribution >= 0.6 is 0 Å². The molecule has 1 heterocycles. The van der Waals surface area contributed by atoms with Crippen LogP contribution in [-0.4, -0.2) is 53.8 Å². The smallest absolute Gasteiger partial charge is 0.444 e. The minimum absolute atomic E-state index is 0.0853. The third-order valence-corrected chi connectivity index (χ3v) is 4.29. The Kier molecular flexibility index (Phi) is 6.85. The standard InChI is InChI=1S/C19H25F4N3O4/c1-17(2,3)30-16(28)26-10-8-18(24,9-11-26)25-14(27)12-4-6-13(7-5-12)29-19(22,23)15(20)21/h4-7,15H,8-11,24H2,1-3H3,(H,25,27). The lowest BCUT2D eigenvalue weighted by Gasteiger charge is -2.39. The molecule has 7 nitrogen and oxygen atoms in total. The zero-order valence-corrected chi connectivity index (χ0v) is 16.9. The van der Waals surface area contributed by atoms with Gasteiger partial charge in [-0.15, -0.1) is 0 Å². The molecule has 0 bridgehead atoms. The Labute approximate surface area is 171 Å². The van der Waals surface area contributed by atoms with E-state index in [9.17, 15) is 27.2 Å². The highest BCUT2D eigenvalue weighted by atomic mass is 19.3. The van der Waals surface area contributed by atoms with Crippen molar-refractivity contribution >= 4 is 12.0 Å². The van der Waals surface area contributed by atoms with Crippen molar-refractivity contribution in [2.75, 3.05) is 13.1 Å². The van der Waals surface area contributed by atoms with E-state index in [2.05, 4.69) is 10.1 Å². The van der Waals surface area contributed by atoms with Crippen molar-refractivity contribution in [3.8, 4) is 5.75 Å². The van der Waals surface area contributed by atoms with Crippen molar-refractivity contribution in [1.82, 2.24) is 10.2 Å². The Morgan fingerprint density at radius 3 is 2.13 bits per heavy atom. The maximum absolute atomic E-state index is 12.9. The Hall–Kier alpha value is -2.56. The van der Waals surface area contributed by atoms with Crippen LogP contribution in [0.2, 0.25) is 0 Å². The van der Waals surface area contributed by atoms with Gasteiger partial charge in [0, 0.05) is 31.5 Å². The minimum Gasteiger partial charge on any atom is -0.444 e. The number of nitrogens with one attached hydrogen (secondary N) is 1. The summed E-state index contributed by atoms with van der Waals surface area (Å²) in [6.07, 6.45) is -8.52. The highest BCUT2D eigenvalue weighted by Crippen LogP contribution is 2.27. The van der Waals surface area contributed by atoms with Gasteiger partial charge in [0.1, 0.15) is 11.4 Å². The van der Waals surface area contributed by atoms with Gasteiger partial charge < -0.3 is 25.4 Å². The highest BCUT2D eigenvalue weighted by Gasteiger charge is 2.44. The van der Waals surface area contributed by atoms with E-state index in [1.807, 2.05) is 0 Å². The first-order chi connectivity index (χ1) is 13.7. The number of benzene rings is 1. The van der Waals surface area contributed by atoms with Crippen LogP contribution in [0.3, 0.4) is 0 Å². The van der Waals surface area contributed by atoms with E-state index < -0.39 is 41.5 Å². The number of hydrogen-bond acceptors (Lipinski definition) is 5. The SMILES string of the molecule is CC(C)(C)OC(=O)N1CCC(N)(NC(=O)c2ccc(OC(F)(F)C(F)F)cc2)CC1. The van der Waals surface area contributed by atoms with Crippen molar-refractivity contribution in [3.05, 3.63) is 29.8 Å². The number of piperidine rings is 1. The molecule has 0 aliphatic carbocycles. The van der Waals surface area contributed by atoms with Crippen molar-refractivity contribution in [2.24, 2.45) is 5.73 Å². The lowest BCUT2D eigenvalue weighted by molar-refractivity contribution is -0.253. The second kappa shape index (κ2) is 8.66. The summed E-state index contributed by atoms with van der Waals surface area (Å²) >= 11 is 0. The van der Waals surface area contributed by atoms with Crippen LogP contribution in [0.5, 0.6) is 5.75 Å². The van der Waals surface area contributed by atoms with Gasteiger partial charge in [-0.1, -0.05) is 0 Å². The molecule has 0 atom stereocenters. The number of rotatable bonds is 5. The van der Waals surface area contributed by atoms with Gasteiger partial charge in [0.05, 0.1) is 5.66 Å². The number of carbonyl (C=O) groups is 2. The number of alkyl halides is 4. The maximum atomic E-state index is 12.9. The summed E-state index contributed by atoms with van der Waals surface area (Å²) in [6.45, 7) is 5.83. The van der Waals surface area contributed by atoms with Gasteiger partial charge in [-0.05, 0) is 45.0 Å². The van der Waals surface area contributed by atoms with Crippen LogP contribution in [0, 0.1) is 0 Å². The third-order valence-electron chi connectivity index (χ3n) is 4.29. The first kappa shape index (κ1) is 23.7. The van der Waals surface area contributed by atoms with Gasteiger partial charge in [0.2, 0.25) is 0 Å². The molecule has 1 fully saturated rings. The van der Waals surface area contributed by atoms with Crippen molar-refractivity contribution in [2.45, 2.75) is 57.4 Å². The predicted octanol–water partition coefficient (Wildman–Crippen LogP) is 3.34. The zero-order chi connectivity index (χ0) is 22.7. The molecule has 0 radical (unpaired) electrons. The Bertz CT molecular complexity index is 758. The molecule has 1 aliphatic rings. The number of carbonyl (C=O) groups excluding carboxylic acids is 2. The van der Waals surface area contributed by atoms with E-state index in [0.29, 0.717) is 0 Å². The highest BCUT2D eigenvalue weighted by molar-refractivity contribution is 5.94. The summed E-state index contributed by atoms with van der Waals surface area (Å²) in [4.78, 5) is 26.0. The van der Waals surface area contributed by atoms with Crippen molar-refractivity contribution in [3.63, 3.8) is 0 Å². The normalized spacial score (nSPS) is 16.9. The van der Waals surface area contributed by atoms with Crippen LogP contribution < -0.4 is 15.8 Å². The van der Waals surface area contributed by atoms with Gasteiger partial charge in [0.25, 0.3) is 5.91 Å². The van der Waals surface area contributed by atoms with Crippen LogP contribution in [0.25, 0.3) is 0 Å². The fourth-order valence-corrected chi connectivity index (χ4v) is 2.71. The molecule has 3 N–H and O–H groups in total. The Balaban J connectivity index is 1.92. The molecule has 1 aromatic rings. The van der Waals surface area contributed by atoms with Gasteiger partial charge in [-0.3, -0.25) is 4.79 Å². The summed E-state index contributed by atoms with van der Waals surface area (Å²) in [5, 5.41) is 2.66. The molecule has 0 aromatic heterocycles. The Morgan fingerprint density at radius 2 is 1.67 bits per heavy atom. The minimum atomic E-state index is -4.63. The van der Waals surface area contributed by atoms with Crippen LogP contribution in [-0.2, 0) is 4.74 Å². The summed E-state index contributed by atoms with van der Waals surface area (Å²) in [6, 6.07) is 4.29. The molecule has 0 spiro atoms. The number of nitrogens with zero attached hydrogens (tertiary/aromatic N) is 1. The summed E-state index contributed by atoms with van der Waals surface area (Å²) in [5.74, 6) is -1.08. The first-order valence-corrected chi connectivity index (χ1v) is 9.25. The molecular weight excluding hydrogens is 410 g/mol. The molecule has 2 rings (SSSR count). The average molecular weight is 435 g/mol. The topological polar surface area (TPSA) is 93.9 Å². The summed E-state index contributed by atoms with van der Waals surface area (Å²) in [5.41, 5.74) is 4.60. The average Bonchev–Trinajstić information content (AvgIpc) is 2.60. The molecule has 1 aliphatic heterocycles. The lowest BCUT2D eigenvalue weighted by Crippen LogP contribution is -2.62. The summed E-state index contributed by atoms with van der Waals surface area (Å²) in [7, 11) is 0. The van der Waals surface area contributed by atoms with Crippen molar-refractivity contribution in [1.29, 1.82) is 0 Å². The Morgan fingerprint density at radius 1 is 1.13 bits per heavy atom. The van der Waals surface area contributed by atoms with Gasteiger partial charge >= 0.3 is 18.6 Å². The fraction of sp³-hybridized carbons (Fsp3) is 0.579. The fourth-order valence-electron chi connectivity index (χ4n) is 2.71. The molecular formula is C19H25F4N3O4. The van der Waals surface area contributed by atoms with E-state index in [-0.39, 0.29) is 31.5 Å². The lowest BCUT2D eigenvalue weighted by atomic mass is 9.97. The van der Waals surface area contributed by atoms with Gasteiger partial charge in [-0.25, -0.2) is 4.79 Å². The van der Waals surface area contributed by atoms with Crippen molar-refractivity contribution < 1.29 is 36.6 Å². The molecule has 168 valence electrons. The van der Waals surface area contributed by atoms with E-state index in [1.165, 1.54) is 4.90 Å². The van der Waals surface area contributed by atoms with Crippen LogP contribution in [0.4, 0.5) is 22.4 Å². The van der Waals surface area contributed by atoms with Crippen LogP contribution in [0.1, 0.15) is 44.0 Å². The monoisotopic (exact) mass is 435 g/mol. The number of likely N-dealkylation sites (tertiary alicyclic amines) is 1. The summed E-state index contributed by atoms with van der Waals surface area (Å²) < 4.78 is 59.5.